The minimum atomic E-state index is -1.08. The average molecular weight is 548 g/mol. The summed E-state index contributed by atoms with van der Waals surface area (Å²) >= 11 is 0. The van der Waals surface area contributed by atoms with E-state index >= 15 is 0 Å². The fourth-order valence-electron chi connectivity index (χ4n) is 4.32. The van der Waals surface area contributed by atoms with Gasteiger partial charge in [0.05, 0.1) is 34.8 Å². The summed E-state index contributed by atoms with van der Waals surface area (Å²) in [7, 11) is 1.71. The highest BCUT2D eigenvalue weighted by atomic mass is 16.6. The van der Waals surface area contributed by atoms with Gasteiger partial charge in [0.25, 0.3) is 5.56 Å². The molecule has 0 saturated heterocycles. The van der Waals surface area contributed by atoms with E-state index in [1.54, 1.807) is 46.0 Å². The molecule has 4 rings (SSSR count). The predicted molar refractivity (Wildman–Crippen MR) is 152 cm³/mol. The maximum atomic E-state index is 13.5. The van der Waals surface area contributed by atoms with Crippen LogP contribution in [0.15, 0.2) is 47.3 Å². The fraction of sp³-hybridized carbons (Fsp3) is 0.345. The average Bonchev–Trinajstić information content (AvgIpc) is 3.20. The molecule has 0 radical (unpaired) electrons. The predicted octanol–water partition coefficient (Wildman–Crippen LogP) is 5.45. The first-order valence-electron chi connectivity index (χ1n) is 13.0. The number of rotatable bonds is 8. The molecule has 2 aromatic heterocycles. The summed E-state index contributed by atoms with van der Waals surface area (Å²) in [5.41, 5.74) is 1.78. The molecule has 0 unspecified atom stereocenters. The van der Waals surface area contributed by atoms with E-state index in [0.717, 1.165) is 12.1 Å². The number of anilines is 2. The molecule has 2 heterocycles. The number of aryl methyl sites for hydroxylation is 2. The third-order valence-electron chi connectivity index (χ3n) is 5.97. The van der Waals surface area contributed by atoms with Crippen LogP contribution in [0.2, 0.25) is 0 Å². The van der Waals surface area contributed by atoms with Crippen molar-refractivity contribution in [2.24, 2.45) is 7.05 Å². The smallest absolute Gasteiger partial charge is 0.419 e. The Balaban J connectivity index is 1.92. The summed E-state index contributed by atoms with van der Waals surface area (Å²) in [6.07, 6.45) is 0.825. The molecule has 11 nitrogen and oxygen atoms in total. The van der Waals surface area contributed by atoms with Crippen LogP contribution in [-0.2, 0) is 18.2 Å². The molecule has 0 aliphatic heterocycles. The zero-order valence-electron chi connectivity index (χ0n) is 23.4. The number of H-pyrrole nitrogens is 1. The molecule has 0 atom stereocenters. The number of ether oxygens (including phenoxy) is 2. The maximum absolute atomic E-state index is 13.5. The number of aromatic amines is 1. The topological polar surface area (TPSA) is 140 Å². The standard InChI is InChI=1S/C29H33N5O6/c1-7-9-21-23-24(33(6)32-21)26(35)31-25(30-23)20-16-19(14-15-22(20)39-8-2)34(28(38)40-29(3,4)5)18-12-10-17(11-13-18)27(36)37/h10-16H,7-9H2,1-6H3,(H,36,37)(H,30,31,35). The van der Waals surface area contributed by atoms with E-state index in [2.05, 4.69) is 10.1 Å². The number of nitrogens with one attached hydrogen (secondary N) is 1. The lowest BCUT2D eigenvalue weighted by Crippen LogP contribution is -2.34. The summed E-state index contributed by atoms with van der Waals surface area (Å²) in [6, 6.07) is 10.9. The Kier molecular flexibility index (Phi) is 7.94. The first-order valence-corrected chi connectivity index (χ1v) is 13.0. The van der Waals surface area contributed by atoms with E-state index in [0.29, 0.717) is 46.7 Å². The molecule has 0 aliphatic rings. The van der Waals surface area contributed by atoms with Crippen molar-refractivity contribution in [1.29, 1.82) is 0 Å². The van der Waals surface area contributed by atoms with Gasteiger partial charge in [-0.1, -0.05) is 13.3 Å². The highest BCUT2D eigenvalue weighted by Crippen LogP contribution is 2.36. The van der Waals surface area contributed by atoms with E-state index < -0.39 is 17.7 Å². The molecule has 4 aromatic rings. The molecule has 0 fully saturated rings. The number of benzene rings is 2. The lowest BCUT2D eigenvalue weighted by Gasteiger charge is -2.28. The summed E-state index contributed by atoms with van der Waals surface area (Å²) in [4.78, 5) is 47.0. The second kappa shape index (κ2) is 11.2. The zero-order chi connectivity index (χ0) is 29.2. The van der Waals surface area contributed by atoms with Crippen LogP contribution in [0.4, 0.5) is 16.2 Å². The minimum Gasteiger partial charge on any atom is -0.493 e. The Morgan fingerprint density at radius 3 is 2.35 bits per heavy atom. The second-order valence-electron chi connectivity index (χ2n) is 10.2. The monoisotopic (exact) mass is 547 g/mol. The third kappa shape index (κ3) is 5.83. The summed E-state index contributed by atoms with van der Waals surface area (Å²) < 4.78 is 13.1. The van der Waals surface area contributed by atoms with Crippen molar-refractivity contribution in [3.05, 3.63) is 64.1 Å². The number of carboxylic acid groups (broad SMARTS) is 1. The van der Waals surface area contributed by atoms with Crippen LogP contribution in [0.3, 0.4) is 0 Å². The van der Waals surface area contributed by atoms with Crippen molar-refractivity contribution in [2.45, 2.75) is 53.1 Å². The Hall–Kier alpha value is -4.67. The zero-order valence-corrected chi connectivity index (χ0v) is 23.4. The first-order chi connectivity index (χ1) is 18.9. The van der Waals surface area contributed by atoms with Crippen molar-refractivity contribution < 1.29 is 24.2 Å². The van der Waals surface area contributed by atoms with Crippen molar-refractivity contribution in [1.82, 2.24) is 19.7 Å². The Labute approximate surface area is 231 Å². The number of carboxylic acids is 1. The normalized spacial score (nSPS) is 11.4. The fourth-order valence-corrected chi connectivity index (χ4v) is 4.32. The van der Waals surface area contributed by atoms with Gasteiger partial charge in [-0.2, -0.15) is 5.10 Å². The first kappa shape index (κ1) is 28.3. The molecule has 0 spiro atoms. The molecule has 0 aliphatic carbocycles. The molecule has 0 bridgehead atoms. The minimum absolute atomic E-state index is 0.0784. The number of hydrogen-bond donors (Lipinski definition) is 2. The molecule has 2 N–H and O–H groups in total. The number of carbonyl (C=O) groups excluding carboxylic acids is 1. The Bertz CT molecular complexity index is 1620. The number of hydrogen-bond acceptors (Lipinski definition) is 7. The van der Waals surface area contributed by atoms with E-state index in [-0.39, 0.29) is 16.9 Å². The SMILES string of the molecule is CCCc1nn(C)c2c(=O)[nH]c(-c3cc(N(C(=O)OC(C)(C)C)c4ccc(C(=O)O)cc4)ccc3OCC)nc12. The Morgan fingerprint density at radius 2 is 1.75 bits per heavy atom. The van der Waals surface area contributed by atoms with Crippen molar-refractivity contribution in [2.75, 3.05) is 11.5 Å². The molecule has 11 heteroatoms. The summed E-state index contributed by atoms with van der Waals surface area (Å²) in [5.74, 6) is -0.361. The lowest BCUT2D eigenvalue weighted by atomic mass is 10.1. The summed E-state index contributed by atoms with van der Waals surface area (Å²) in [5, 5.41) is 13.8. The van der Waals surface area contributed by atoms with Gasteiger partial charge in [-0.05, 0) is 76.6 Å². The van der Waals surface area contributed by atoms with E-state index in [1.807, 2.05) is 13.8 Å². The van der Waals surface area contributed by atoms with Crippen LogP contribution in [0.25, 0.3) is 22.4 Å². The molecule has 40 heavy (non-hydrogen) atoms. The second-order valence-corrected chi connectivity index (χ2v) is 10.2. The molecule has 210 valence electrons. The van der Waals surface area contributed by atoms with Crippen LogP contribution < -0.4 is 15.2 Å². The van der Waals surface area contributed by atoms with Crippen LogP contribution in [0.5, 0.6) is 5.75 Å². The summed E-state index contributed by atoms with van der Waals surface area (Å²) in [6.45, 7) is 9.50. The number of amides is 1. The molecule has 0 saturated carbocycles. The van der Waals surface area contributed by atoms with Gasteiger partial charge in [0.1, 0.15) is 22.7 Å². The van der Waals surface area contributed by atoms with Gasteiger partial charge < -0.3 is 19.6 Å². The number of aromatic nitrogens is 4. The van der Waals surface area contributed by atoms with Gasteiger partial charge in [0.2, 0.25) is 0 Å². The highest BCUT2D eigenvalue weighted by molar-refractivity contribution is 5.98. The maximum Gasteiger partial charge on any atom is 0.419 e. The van der Waals surface area contributed by atoms with Gasteiger partial charge >= 0.3 is 12.1 Å². The highest BCUT2D eigenvalue weighted by Gasteiger charge is 2.27. The lowest BCUT2D eigenvalue weighted by molar-refractivity contribution is 0.0598. The van der Waals surface area contributed by atoms with Crippen LogP contribution in [-0.4, -0.2) is 49.1 Å². The quantitative estimate of drug-likeness (QED) is 0.297. The number of fused-ring (bicyclic) bond motifs is 1. The van der Waals surface area contributed by atoms with Gasteiger partial charge in [0, 0.05) is 7.05 Å². The van der Waals surface area contributed by atoms with Gasteiger partial charge in [-0.25, -0.2) is 19.5 Å². The molecular formula is C29H33N5O6. The van der Waals surface area contributed by atoms with Gasteiger partial charge in [-0.3, -0.25) is 9.48 Å². The van der Waals surface area contributed by atoms with Crippen LogP contribution >= 0.6 is 0 Å². The molecular weight excluding hydrogens is 514 g/mol. The van der Waals surface area contributed by atoms with E-state index in [1.165, 1.54) is 33.8 Å². The van der Waals surface area contributed by atoms with Gasteiger partial charge in [-0.15, -0.1) is 0 Å². The van der Waals surface area contributed by atoms with Crippen molar-refractivity contribution in [3.8, 4) is 17.1 Å². The largest absolute Gasteiger partial charge is 0.493 e. The number of aromatic carboxylic acids is 1. The molecule has 2 aromatic carbocycles. The van der Waals surface area contributed by atoms with E-state index in [9.17, 15) is 19.5 Å². The van der Waals surface area contributed by atoms with Crippen LogP contribution in [0, 0.1) is 0 Å². The number of nitrogens with zero attached hydrogens (tertiary/aromatic N) is 4. The van der Waals surface area contributed by atoms with Crippen molar-refractivity contribution in [3.63, 3.8) is 0 Å². The number of carbonyl (C=O) groups is 2. The molecule has 1 amide bonds. The third-order valence-corrected chi connectivity index (χ3v) is 5.97. The van der Waals surface area contributed by atoms with Gasteiger partial charge in [0.15, 0.2) is 5.52 Å². The van der Waals surface area contributed by atoms with Crippen LogP contribution in [0.1, 0.15) is 57.1 Å². The van der Waals surface area contributed by atoms with E-state index in [4.69, 9.17) is 14.5 Å². The van der Waals surface area contributed by atoms with Crippen molar-refractivity contribution >= 4 is 34.5 Å². The Morgan fingerprint density at radius 1 is 1.07 bits per heavy atom.